The van der Waals surface area contributed by atoms with Crippen molar-refractivity contribution in [3.63, 3.8) is 0 Å². The Bertz CT molecular complexity index is 456. The van der Waals surface area contributed by atoms with Crippen molar-refractivity contribution in [1.82, 2.24) is 4.90 Å². The second-order valence-electron chi connectivity index (χ2n) is 11.1. The normalized spacial score (nSPS) is 27.9. The van der Waals surface area contributed by atoms with Crippen LogP contribution in [0.3, 0.4) is 0 Å². The van der Waals surface area contributed by atoms with Gasteiger partial charge in [-0.25, -0.2) is 0 Å². The molecule has 0 aromatic rings. The Kier molecular flexibility index (Phi) is 9.42. The van der Waals surface area contributed by atoms with E-state index in [4.69, 9.17) is 18.9 Å². The van der Waals surface area contributed by atoms with Gasteiger partial charge in [0.2, 0.25) is 0 Å². The van der Waals surface area contributed by atoms with Gasteiger partial charge in [-0.1, -0.05) is 0 Å². The van der Waals surface area contributed by atoms with Gasteiger partial charge in [-0.05, 0) is 87.5 Å². The van der Waals surface area contributed by atoms with Crippen molar-refractivity contribution in [2.24, 2.45) is 0 Å². The van der Waals surface area contributed by atoms with E-state index in [1.807, 2.05) is 0 Å². The molecule has 2 fully saturated rings. The molecule has 0 saturated heterocycles. The summed E-state index contributed by atoms with van der Waals surface area (Å²) in [6, 6.07) is 1.18. The van der Waals surface area contributed by atoms with Gasteiger partial charge in [-0.3, -0.25) is 4.90 Å². The molecule has 0 spiro atoms. The van der Waals surface area contributed by atoms with Crippen LogP contribution in [0.4, 0.5) is 0 Å². The first-order chi connectivity index (χ1) is 13.4. The second kappa shape index (κ2) is 10.9. The highest BCUT2D eigenvalue weighted by molar-refractivity contribution is 4.90. The average Bonchev–Trinajstić information content (AvgIpc) is 2.48. The Morgan fingerprint density at radius 2 is 1.31 bits per heavy atom. The molecule has 5 nitrogen and oxygen atoms in total. The monoisotopic (exact) mass is 413 g/mol. The van der Waals surface area contributed by atoms with Crippen LogP contribution in [0, 0.1) is 0 Å². The van der Waals surface area contributed by atoms with Gasteiger partial charge in [-0.15, -0.1) is 0 Å². The van der Waals surface area contributed by atoms with Crippen LogP contribution in [-0.2, 0) is 18.9 Å². The number of rotatable bonds is 12. The SMILES string of the molecule is CC(C)N(CCOCCCOC1CC(OC(C)(C)C)C1)C1CC(OC(C)(C)C)C1. The number of hydrogen-bond acceptors (Lipinski definition) is 5. The molecule has 0 atom stereocenters. The zero-order valence-corrected chi connectivity index (χ0v) is 20.3. The van der Waals surface area contributed by atoms with Gasteiger partial charge < -0.3 is 18.9 Å². The molecule has 0 bridgehead atoms. The molecule has 5 heteroatoms. The largest absolute Gasteiger partial charge is 0.380 e. The van der Waals surface area contributed by atoms with Crippen LogP contribution in [0.2, 0.25) is 0 Å². The van der Waals surface area contributed by atoms with Crippen molar-refractivity contribution in [2.45, 2.75) is 129 Å². The van der Waals surface area contributed by atoms with Crippen LogP contribution in [0.15, 0.2) is 0 Å². The summed E-state index contributed by atoms with van der Waals surface area (Å²) >= 11 is 0. The molecule has 2 aliphatic carbocycles. The summed E-state index contributed by atoms with van der Waals surface area (Å²) in [4.78, 5) is 2.57. The Morgan fingerprint density at radius 1 is 0.759 bits per heavy atom. The summed E-state index contributed by atoms with van der Waals surface area (Å²) in [5, 5.41) is 0. The Hall–Kier alpha value is -0.200. The van der Waals surface area contributed by atoms with E-state index in [1.54, 1.807) is 0 Å². The topological polar surface area (TPSA) is 40.2 Å². The molecule has 0 N–H and O–H groups in total. The molecule has 0 amide bonds. The Balaban J connectivity index is 1.47. The van der Waals surface area contributed by atoms with Crippen LogP contribution in [0.5, 0.6) is 0 Å². The molecule has 0 heterocycles. The lowest BCUT2D eigenvalue weighted by molar-refractivity contribution is -0.149. The highest BCUT2D eigenvalue weighted by Gasteiger charge is 2.37. The summed E-state index contributed by atoms with van der Waals surface area (Å²) in [6.07, 6.45) is 6.48. The number of hydrogen-bond donors (Lipinski definition) is 0. The minimum atomic E-state index is -0.0483. The van der Waals surface area contributed by atoms with Crippen LogP contribution >= 0.6 is 0 Å². The summed E-state index contributed by atoms with van der Waals surface area (Å²) in [5.41, 5.74) is -0.0865. The zero-order chi connectivity index (χ0) is 21.7. The van der Waals surface area contributed by atoms with Gasteiger partial charge >= 0.3 is 0 Å². The summed E-state index contributed by atoms with van der Waals surface area (Å²) in [5.74, 6) is 0. The maximum absolute atomic E-state index is 6.09. The third-order valence-corrected chi connectivity index (χ3v) is 5.57. The van der Waals surface area contributed by atoms with Gasteiger partial charge in [0.25, 0.3) is 0 Å². The fourth-order valence-electron chi connectivity index (χ4n) is 4.20. The molecule has 29 heavy (non-hydrogen) atoms. The summed E-state index contributed by atoms with van der Waals surface area (Å²) in [6.45, 7) is 20.7. The van der Waals surface area contributed by atoms with Gasteiger partial charge in [-0.2, -0.15) is 0 Å². The first-order valence-corrected chi connectivity index (χ1v) is 11.7. The zero-order valence-electron chi connectivity index (χ0n) is 20.3. The van der Waals surface area contributed by atoms with Gasteiger partial charge in [0.05, 0.1) is 36.1 Å². The minimum Gasteiger partial charge on any atom is -0.380 e. The molecule has 0 aromatic heterocycles. The van der Waals surface area contributed by atoms with E-state index in [-0.39, 0.29) is 11.2 Å². The fraction of sp³-hybridized carbons (Fsp3) is 1.00. The second-order valence-corrected chi connectivity index (χ2v) is 11.1. The van der Waals surface area contributed by atoms with Crippen LogP contribution in [-0.4, -0.2) is 72.9 Å². The van der Waals surface area contributed by atoms with E-state index in [0.717, 1.165) is 58.5 Å². The fourth-order valence-corrected chi connectivity index (χ4v) is 4.20. The lowest BCUT2D eigenvalue weighted by atomic mass is 9.86. The van der Waals surface area contributed by atoms with Gasteiger partial charge in [0, 0.05) is 31.8 Å². The van der Waals surface area contributed by atoms with Crippen molar-refractivity contribution >= 4 is 0 Å². The molecular weight excluding hydrogens is 366 g/mol. The van der Waals surface area contributed by atoms with E-state index >= 15 is 0 Å². The highest BCUT2D eigenvalue weighted by Crippen LogP contribution is 2.32. The number of ether oxygens (including phenoxy) is 4. The summed E-state index contributed by atoms with van der Waals surface area (Å²) < 4.78 is 23.8. The quantitative estimate of drug-likeness (QED) is 0.429. The molecular formula is C24H47NO4. The highest BCUT2D eigenvalue weighted by atomic mass is 16.5. The smallest absolute Gasteiger partial charge is 0.0631 e. The third-order valence-electron chi connectivity index (χ3n) is 5.57. The molecule has 0 aromatic carbocycles. The van der Waals surface area contributed by atoms with Gasteiger partial charge in [0.15, 0.2) is 0 Å². The lowest BCUT2D eigenvalue weighted by Crippen LogP contribution is -2.53. The number of nitrogens with zero attached hydrogens (tertiary/aromatic N) is 1. The standard InChI is InChI=1S/C24H47NO4/c1-18(2)25(19-14-21(15-19)28-23(3,4)5)10-13-26-11-9-12-27-20-16-22(17-20)29-24(6,7)8/h18-22H,9-17H2,1-8H3. The molecule has 0 unspecified atom stereocenters. The molecule has 2 aliphatic rings. The maximum atomic E-state index is 6.09. The first-order valence-electron chi connectivity index (χ1n) is 11.7. The molecule has 0 radical (unpaired) electrons. The van der Waals surface area contributed by atoms with Gasteiger partial charge in [0.1, 0.15) is 0 Å². The van der Waals surface area contributed by atoms with Crippen molar-refractivity contribution in [3.8, 4) is 0 Å². The lowest BCUT2D eigenvalue weighted by Gasteiger charge is -2.46. The first kappa shape index (κ1) is 25.1. The van der Waals surface area contributed by atoms with E-state index in [1.165, 1.54) is 0 Å². The Morgan fingerprint density at radius 3 is 1.83 bits per heavy atom. The van der Waals surface area contributed by atoms with Crippen LogP contribution in [0.1, 0.15) is 87.5 Å². The molecule has 2 saturated carbocycles. The predicted molar refractivity (Wildman–Crippen MR) is 119 cm³/mol. The maximum Gasteiger partial charge on any atom is 0.0631 e. The van der Waals surface area contributed by atoms with Crippen molar-refractivity contribution in [2.75, 3.05) is 26.4 Å². The van der Waals surface area contributed by atoms with Crippen molar-refractivity contribution in [3.05, 3.63) is 0 Å². The van der Waals surface area contributed by atoms with E-state index in [0.29, 0.717) is 30.4 Å². The van der Waals surface area contributed by atoms with Crippen molar-refractivity contribution < 1.29 is 18.9 Å². The third kappa shape index (κ3) is 9.65. The van der Waals surface area contributed by atoms with E-state index in [2.05, 4.69) is 60.3 Å². The average molecular weight is 414 g/mol. The molecule has 0 aliphatic heterocycles. The van der Waals surface area contributed by atoms with Crippen LogP contribution < -0.4 is 0 Å². The van der Waals surface area contributed by atoms with Crippen molar-refractivity contribution in [1.29, 1.82) is 0 Å². The van der Waals surface area contributed by atoms with Crippen LogP contribution in [0.25, 0.3) is 0 Å². The Labute approximate surface area is 179 Å². The molecule has 2 rings (SSSR count). The van der Waals surface area contributed by atoms with E-state index in [9.17, 15) is 0 Å². The summed E-state index contributed by atoms with van der Waals surface area (Å²) in [7, 11) is 0. The predicted octanol–water partition coefficient (Wildman–Crippen LogP) is 4.81. The molecule has 172 valence electrons. The minimum absolute atomic E-state index is 0.0382. The van der Waals surface area contributed by atoms with E-state index < -0.39 is 0 Å².